The molecule has 4 heteroatoms. The number of aromatic nitrogens is 4. The van der Waals surface area contributed by atoms with E-state index < -0.39 is 0 Å². The Hall–Kier alpha value is -1.97. The maximum absolute atomic E-state index is 7.70. The Balaban J connectivity index is 2.66. The van der Waals surface area contributed by atoms with Gasteiger partial charge in [0.15, 0.2) is 5.65 Å². The first-order chi connectivity index (χ1) is 6.86. The van der Waals surface area contributed by atoms with Crippen molar-refractivity contribution >= 4 is 16.6 Å². The van der Waals surface area contributed by atoms with E-state index in [4.69, 9.17) is 1.37 Å². The van der Waals surface area contributed by atoms with Gasteiger partial charge in [-0.05, 0) is 28.6 Å². The molecule has 0 aliphatic carbocycles. The number of nitrogens with zero attached hydrogens (tertiary/aromatic N) is 4. The fraction of sp³-hybridized carbons (Fsp3) is 0. The molecule has 2 heterocycles. The van der Waals surface area contributed by atoms with Crippen LogP contribution < -0.4 is 0 Å². The van der Waals surface area contributed by atoms with E-state index in [1.54, 1.807) is 10.6 Å². The summed E-state index contributed by atoms with van der Waals surface area (Å²) >= 11 is 0. The smallest absolute Gasteiger partial charge is 0.179 e. The van der Waals surface area contributed by atoms with Crippen LogP contribution in [0.5, 0.6) is 0 Å². The molecule has 0 atom stereocenters. The highest BCUT2D eigenvalue weighted by Crippen LogP contribution is 2.13. The molecule has 4 nitrogen and oxygen atoms in total. The highest BCUT2D eigenvalue weighted by molar-refractivity contribution is 5.81. The van der Waals surface area contributed by atoms with Gasteiger partial charge >= 0.3 is 0 Å². The van der Waals surface area contributed by atoms with Crippen molar-refractivity contribution in [3.63, 3.8) is 0 Å². The van der Waals surface area contributed by atoms with Crippen LogP contribution in [0.4, 0.5) is 0 Å². The van der Waals surface area contributed by atoms with Gasteiger partial charge in [-0.3, -0.25) is 0 Å². The van der Waals surface area contributed by atoms with Gasteiger partial charge in [0.25, 0.3) is 0 Å². The quantitative estimate of drug-likeness (QED) is 0.511. The van der Waals surface area contributed by atoms with Crippen LogP contribution in [0.3, 0.4) is 0 Å². The van der Waals surface area contributed by atoms with Crippen LogP contribution in [-0.2, 0) is 0 Å². The van der Waals surface area contributed by atoms with Crippen molar-refractivity contribution < 1.29 is 1.37 Å². The summed E-state index contributed by atoms with van der Waals surface area (Å²) in [5, 5.41) is 12.2. The summed E-state index contributed by atoms with van der Waals surface area (Å²) in [6.07, 6.45) is 0. The van der Waals surface area contributed by atoms with E-state index in [2.05, 4.69) is 15.5 Å². The Labute approximate surface area is 75.2 Å². The molecule has 0 bridgehead atoms. The second-order valence-corrected chi connectivity index (χ2v) is 2.76. The number of benzene rings is 1. The van der Waals surface area contributed by atoms with Crippen molar-refractivity contribution in [1.29, 1.82) is 0 Å². The van der Waals surface area contributed by atoms with Gasteiger partial charge in [-0.15, -0.1) is 5.10 Å². The zero-order valence-corrected chi connectivity index (χ0v) is 6.68. The number of fused-ring (bicyclic) bond motifs is 3. The van der Waals surface area contributed by atoms with Gasteiger partial charge in [0.2, 0.25) is 0 Å². The first-order valence-electron chi connectivity index (χ1n) is 4.43. The predicted molar refractivity (Wildman–Crippen MR) is 48.3 cm³/mol. The lowest BCUT2D eigenvalue weighted by molar-refractivity contribution is 0.841. The summed E-state index contributed by atoms with van der Waals surface area (Å²) in [6.45, 7) is 0. The molecular formula is C9H6N4. The maximum Gasteiger partial charge on any atom is 0.179 e. The molecule has 1 aromatic carbocycles. The number of rotatable bonds is 0. The fourth-order valence-electron chi connectivity index (χ4n) is 1.38. The molecule has 0 aliphatic heterocycles. The minimum Gasteiger partial charge on any atom is -0.193 e. The number of tetrazole rings is 1. The molecule has 0 N–H and O–H groups in total. The summed E-state index contributed by atoms with van der Waals surface area (Å²) in [7, 11) is 0. The van der Waals surface area contributed by atoms with Crippen LogP contribution in [-0.4, -0.2) is 20.0 Å². The number of para-hydroxylation sites is 1. The first kappa shape index (κ1) is 5.64. The Morgan fingerprint density at radius 3 is 3.15 bits per heavy atom. The summed E-state index contributed by atoms with van der Waals surface area (Å²) in [4.78, 5) is 0. The summed E-state index contributed by atoms with van der Waals surface area (Å²) in [6, 6.07) is 9.83. The van der Waals surface area contributed by atoms with E-state index in [0.29, 0.717) is 11.7 Å². The zero-order valence-electron chi connectivity index (χ0n) is 7.68. The van der Waals surface area contributed by atoms with Crippen molar-refractivity contribution in [1.82, 2.24) is 20.0 Å². The number of hydrogen-bond donors (Lipinski definition) is 0. The molecule has 0 saturated heterocycles. The van der Waals surface area contributed by atoms with Crippen molar-refractivity contribution in [3.8, 4) is 0 Å². The van der Waals surface area contributed by atoms with Crippen LogP contribution in [0.25, 0.3) is 16.6 Å². The predicted octanol–water partition coefficient (Wildman–Crippen LogP) is 1.28. The molecule has 0 unspecified atom stereocenters. The maximum atomic E-state index is 7.70. The third-order valence-corrected chi connectivity index (χ3v) is 1.99. The average molecular weight is 171 g/mol. The lowest BCUT2D eigenvalue weighted by atomic mass is 10.2. The normalized spacial score (nSPS) is 12.2. The van der Waals surface area contributed by atoms with Crippen LogP contribution in [0.1, 0.15) is 1.37 Å². The van der Waals surface area contributed by atoms with Crippen molar-refractivity contribution in [3.05, 3.63) is 36.4 Å². The first-order valence-corrected chi connectivity index (χ1v) is 3.93. The second kappa shape index (κ2) is 2.26. The third kappa shape index (κ3) is 0.823. The van der Waals surface area contributed by atoms with E-state index in [0.717, 1.165) is 10.9 Å². The van der Waals surface area contributed by atoms with E-state index in [-0.39, 0.29) is 0 Å². The Kier molecular flexibility index (Phi) is 0.979. The highest BCUT2D eigenvalue weighted by Gasteiger charge is 2.00. The lowest BCUT2D eigenvalue weighted by Gasteiger charge is -1.97. The summed E-state index contributed by atoms with van der Waals surface area (Å²) in [5.74, 6) is 0. The van der Waals surface area contributed by atoms with Crippen LogP contribution in [0.2, 0.25) is 0 Å². The van der Waals surface area contributed by atoms with Crippen LogP contribution in [0, 0.1) is 0 Å². The molecule has 3 rings (SSSR count). The Morgan fingerprint density at radius 1 is 1.23 bits per heavy atom. The number of hydrogen-bond acceptors (Lipinski definition) is 3. The largest absolute Gasteiger partial charge is 0.193 e. The van der Waals surface area contributed by atoms with Gasteiger partial charge in [-0.1, -0.05) is 18.2 Å². The molecule has 0 spiro atoms. The standard InChI is InChI=1S/C9H6N4/c1-2-4-8-7(3-1)5-6-9-10-11-12-13(8)9/h1-6H/i6D. The minimum atomic E-state index is 0.341. The van der Waals surface area contributed by atoms with Gasteiger partial charge in [-0.2, -0.15) is 4.52 Å². The highest BCUT2D eigenvalue weighted by atomic mass is 15.5. The van der Waals surface area contributed by atoms with E-state index >= 15 is 0 Å². The molecule has 2 aromatic heterocycles. The SMILES string of the molecule is [2H]c1cc2ccccc2n2nnnc12. The molecule has 0 aliphatic rings. The molecule has 0 amide bonds. The van der Waals surface area contributed by atoms with E-state index in [1.807, 2.05) is 24.3 Å². The van der Waals surface area contributed by atoms with E-state index in [1.165, 1.54) is 0 Å². The topological polar surface area (TPSA) is 43.1 Å². The lowest BCUT2D eigenvalue weighted by Crippen LogP contribution is -1.89. The summed E-state index contributed by atoms with van der Waals surface area (Å²) < 4.78 is 9.28. The molecule has 13 heavy (non-hydrogen) atoms. The van der Waals surface area contributed by atoms with Gasteiger partial charge in [0.05, 0.1) is 6.89 Å². The summed E-state index contributed by atoms with van der Waals surface area (Å²) in [5.41, 5.74) is 1.41. The number of pyridine rings is 1. The van der Waals surface area contributed by atoms with Crippen LogP contribution in [0.15, 0.2) is 36.4 Å². The second-order valence-electron chi connectivity index (χ2n) is 2.76. The molecule has 3 aromatic rings. The van der Waals surface area contributed by atoms with Crippen molar-refractivity contribution in [2.45, 2.75) is 0 Å². The average Bonchev–Trinajstić information content (AvgIpc) is 2.67. The fourth-order valence-corrected chi connectivity index (χ4v) is 1.38. The van der Waals surface area contributed by atoms with Crippen molar-refractivity contribution in [2.75, 3.05) is 0 Å². The van der Waals surface area contributed by atoms with Crippen molar-refractivity contribution in [2.24, 2.45) is 0 Å². The van der Waals surface area contributed by atoms with Gasteiger partial charge < -0.3 is 0 Å². The Bertz CT molecular complexity index is 616. The molecule has 0 saturated carbocycles. The van der Waals surface area contributed by atoms with Crippen LogP contribution >= 0.6 is 0 Å². The van der Waals surface area contributed by atoms with Gasteiger partial charge in [-0.25, -0.2) is 0 Å². The minimum absolute atomic E-state index is 0.341. The van der Waals surface area contributed by atoms with E-state index in [9.17, 15) is 0 Å². The molecule has 0 fully saturated rings. The van der Waals surface area contributed by atoms with Gasteiger partial charge in [0, 0.05) is 5.39 Å². The Morgan fingerprint density at radius 2 is 2.15 bits per heavy atom. The molecular weight excluding hydrogens is 164 g/mol. The monoisotopic (exact) mass is 171 g/mol. The van der Waals surface area contributed by atoms with Gasteiger partial charge in [0.1, 0.15) is 0 Å². The molecule has 62 valence electrons. The molecule has 0 radical (unpaired) electrons. The zero-order chi connectivity index (χ0) is 9.54. The third-order valence-electron chi connectivity index (χ3n) is 1.99.